The minimum absolute atomic E-state index is 0.215. The first kappa shape index (κ1) is 14.8. The molecule has 2 rings (SSSR count). The molecule has 0 unspecified atom stereocenters. The monoisotopic (exact) mass is 283 g/mol. The van der Waals surface area contributed by atoms with E-state index in [1.807, 2.05) is 25.1 Å². The summed E-state index contributed by atoms with van der Waals surface area (Å²) in [5.41, 5.74) is 8.32. The van der Waals surface area contributed by atoms with E-state index < -0.39 is 0 Å². The number of oxazole rings is 1. The lowest BCUT2D eigenvalue weighted by Crippen LogP contribution is -2.13. The number of carbonyl (C=O) groups excluding carboxylic acids is 1. The van der Waals surface area contributed by atoms with Crippen molar-refractivity contribution < 1.29 is 9.21 Å². The summed E-state index contributed by atoms with van der Waals surface area (Å²) in [6.07, 6.45) is 0. The normalized spacial score (nSPS) is 9.90. The van der Waals surface area contributed by atoms with Crippen LogP contribution < -0.4 is 11.1 Å². The molecule has 0 spiro atoms. The SMILES string of the molecule is Cc1ccc(C#CCN)c(NC(=O)c2oc(C)nc2C)c1. The van der Waals surface area contributed by atoms with Crippen molar-refractivity contribution in [1.82, 2.24) is 4.98 Å². The molecule has 0 radical (unpaired) electrons. The Bertz CT molecular complexity index is 736. The number of hydrogen-bond acceptors (Lipinski definition) is 4. The molecule has 108 valence electrons. The van der Waals surface area contributed by atoms with Gasteiger partial charge in [-0.05, 0) is 31.5 Å². The molecule has 0 aliphatic carbocycles. The Balaban J connectivity index is 2.32. The Kier molecular flexibility index (Phi) is 4.41. The van der Waals surface area contributed by atoms with Gasteiger partial charge in [0.25, 0.3) is 5.91 Å². The highest BCUT2D eigenvalue weighted by Crippen LogP contribution is 2.19. The average molecular weight is 283 g/mol. The summed E-state index contributed by atoms with van der Waals surface area (Å²) >= 11 is 0. The molecule has 0 aliphatic rings. The van der Waals surface area contributed by atoms with Crippen molar-refractivity contribution >= 4 is 11.6 Å². The second kappa shape index (κ2) is 6.25. The van der Waals surface area contributed by atoms with Crippen LogP contribution in [-0.4, -0.2) is 17.4 Å². The van der Waals surface area contributed by atoms with Crippen LogP contribution in [-0.2, 0) is 0 Å². The number of nitrogens with two attached hydrogens (primary N) is 1. The first-order valence-corrected chi connectivity index (χ1v) is 6.56. The predicted octanol–water partition coefficient (Wildman–Crippen LogP) is 2.16. The highest BCUT2D eigenvalue weighted by molar-refractivity contribution is 6.03. The van der Waals surface area contributed by atoms with Crippen molar-refractivity contribution in [2.24, 2.45) is 5.73 Å². The molecule has 0 saturated heterocycles. The zero-order chi connectivity index (χ0) is 15.4. The van der Waals surface area contributed by atoms with Gasteiger partial charge in [0.05, 0.1) is 17.9 Å². The van der Waals surface area contributed by atoms with Crippen LogP contribution in [0, 0.1) is 32.6 Å². The Hall–Kier alpha value is -2.58. The number of aromatic nitrogens is 1. The third-order valence-corrected chi connectivity index (χ3v) is 2.86. The lowest BCUT2D eigenvalue weighted by atomic mass is 10.1. The summed E-state index contributed by atoms with van der Waals surface area (Å²) in [7, 11) is 0. The van der Waals surface area contributed by atoms with Crippen LogP contribution in [0.1, 0.15) is 33.3 Å². The minimum atomic E-state index is -0.338. The maximum absolute atomic E-state index is 12.3. The average Bonchev–Trinajstić information content (AvgIpc) is 2.77. The van der Waals surface area contributed by atoms with Crippen LogP contribution in [0.5, 0.6) is 0 Å². The molecule has 5 heteroatoms. The number of rotatable bonds is 2. The van der Waals surface area contributed by atoms with E-state index >= 15 is 0 Å². The van der Waals surface area contributed by atoms with Crippen LogP contribution in [0.3, 0.4) is 0 Å². The topological polar surface area (TPSA) is 81.1 Å². The molecule has 2 aromatic rings. The number of nitrogens with one attached hydrogen (secondary N) is 1. The van der Waals surface area contributed by atoms with Gasteiger partial charge in [-0.2, -0.15) is 0 Å². The summed E-state index contributed by atoms with van der Waals surface area (Å²) in [4.78, 5) is 16.4. The molecule has 5 nitrogen and oxygen atoms in total. The van der Waals surface area contributed by atoms with Gasteiger partial charge in [-0.25, -0.2) is 4.98 Å². The number of nitrogens with zero attached hydrogens (tertiary/aromatic N) is 1. The van der Waals surface area contributed by atoms with E-state index in [9.17, 15) is 4.79 Å². The lowest BCUT2D eigenvalue weighted by Gasteiger charge is -2.07. The molecule has 0 saturated carbocycles. The molecular formula is C16H17N3O2. The van der Waals surface area contributed by atoms with Gasteiger partial charge in [-0.3, -0.25) is 4.79 Å². The van der Waals surface area contributed by atoms with Gasteiger partial charge in [0, 0.05) is 12.5 Å². The van der Waals surface area contributed by atoms with Gasteiger partial charge in [-0.1, -0.05) is 17.9 Å². The van der Waals surface area contributed by atoms with Crippen LogP contribution in [0.25, 0.3) is 0 Å². The zero-order valence-electron chi connectivity index (χ0n) is 12.3. The molecule has 0 aliphatic heterocycles. The van der Waals surface area contributed by atoms with Gasteiger partial charge in [0.1, 0.15) is 0 Å². The van der Waals surface area contributed by atoms with Crippen LogP contribution in [0.4, 0.5) is 5.69 Å². The van der Waals surface area contributed by atoms with Gasteiger partial charge in [0.2, 0.25) is 5.76 Å². The van der Waals surface area contributed by atoms with Gasteiger partial charge >= 0.3 is 0 Å². The molecule has 0 fully saturated rings. The summed E-state index contributed by atoms with van der Waals surface area (Å²) in [6.45, 7) is 5.65. The summed E-state index contributed by atoms with van der Waals surface area (Å²) in [5.74, 6) is 6.06. The molecule has 3 N–H and O–H groups in total. The van der Waals surface area contributed by atoms with E-state index in [2.05, 4.69) is 22.1 Å². The fourth-order valence-electron chi connectivity index (χ4n) is 1.94. The van der Waals surface area contributed by atoms with Crippen molar-refractivity contribution in [2.75, 3.05) is 11.9 Å². The second-order valence-corrected chi connectivity index (χ2v) is 4.66. The Labute approximate surface area is 123 Å². The van der Waals surface area contributed by atoms with Crippen molar-refractivity contribution in [3.05, 3.63) is 46.7 Å². The number of carbonyl (C=O) groups is 1. The van der Waals surface area contributed by atoms with Crippen LogP contribution in [0.15, 0.2) is 22.6 Å². The fraction of sp³-hybridized carbons (Fsp3) is 0.250. The van der Waals surface area contributed by atoms with E-state index in [1.54, 1.807) is 13.8 Å². The Morgan fingerprint density at radius 2 is 2.14 bits per heavy atom. The summed E-state index contributed by atoms with van der Waals surface area (Å²) in [6, 6.07) is 5.64. The van der Waals surface area contributed by atoms with Gasteiger partial charge in [-0.15, -0.1) is 0 Å². The quantitative estimate of drug-likeness (QED) is 0.828. The number of hydrogen-bond donors (Lipinski definition) is 2. The maximum atomic E-state index is 12.3. The molecule has 1 aromatic carbocycles. The van der Waals surface area contributed by atoms with Crippen LogP contribution in [0.2, 0.25) is 0 Å². The maximum Gasteiger partial charge on any atom is 0.293 e. The predicted molar refractivity (Wildman–Crippen MR) is 81.0 cm³/mol. The summed E-state index contributed by atoms with van der Waals surface area (Å²) < 4.78 is 5.32. The van der Waals surface area contributed by atoms with E-state index in [0.29, 0.717) is 22.8 Å². The fourth-order valence-corrected chi connectivity index (χ4v) is 1.94. The third kappa shape index (κ3) is 3.50. The summed E-state index contributed by atoms with van der Waals surface area (Å²) in [5, 5.41) is 2.81. The number of benzene rings is 1. The van der Waals surface area contributed by atoms with E-state index in [4.69, 9.17) is 10.2 Å². The second-order valence-electron chi connectivity index (χ2n) is 4.66. The van der Waals surface area contributed by atoms with Crippen LogP contribution >= 0.6 is 0 Å². The largest absolute Gasteiger partial charge is 0.436 e. The first-order valence-electron chi connectivity index (χ1n) is 6.56. The van der Waals surface area contributed by atoms with E-state index in [0.717, 1.165) is 5.56 Å². The molecule has 1 heterocycles. The smallest absolute Gasteiger partial charge is 0.293 e. The van der Waals surface area contributed by atoms with Crippen molar-refractivity contribution in [2.45, 2.75) is 20.8 Å². The minimum Gasteiger partial charge on any atom is -0.436 e. The number of aryl methyl sites for hydroxylation is 3. The van der Waals surface area contributed by atoms with Gasteiger partial charge < -0.3 is 15.5 Å². The molecular weight excluding hydrogens is 266 g/mol. The van der Waals surface area contributed by atoms with Crippen molar-refractivity contribution in [3.63, 3.8) is 0 Å². The number of amides is 1. The molecule has 1 aromatic heterocycles. The molecule has 21 heavy (non-hydrogen) atoms. The zero-order valence-corrected chi connectivity index (χ0v) is 12.3. The molecule has 0 bridgehead atoms. The first-order chi connectivity index (χ1) is 10.0. The van der Waals surface area contributed by atoms with Gasteiger partial charge in [0.15, 0.2) is 5.89 Å². The lowest BCUT2D eigenvalue weighted by molar-refractivity contribution is 0.0994. The van der Waals surface area contributed by atoms with E-state index in [1.165, 1.54) is 0 Å². The Morgan fingerprint density at radius 1 is 1.38 bits per heavy atom. The third-order valence-electron chi connectivity index (χ3n) is 2.86. The highest BCUT2D eigenvalue weighted by Gasteiger charge is 2.17. The van der Waals surface area contributed by atoms with E-state index in [-0.39, 0.29) is 18.2 Å². The van der Waals surface area contributed by atoms with Crippen molar-refractivity contribution in [1.29, 1.82) is 0 Å². The number of anilines is 1. The van der Waals surface area contributed by atoms with Crippen molar-refractivity contribution in [3.8, 4) is 11.8 Å². The molecule has 0 atom stereocenters. The highest BCUT2D eigenvalue weighted by atomic mass is 16.4. The Morgan fingerprint density at radius 3 is 2.76 bits per heavy atom. The standard InChI is InChI=1S/C16H17N3O2/c1-10-6-7-13(5-4-8-17)14(9-10)19-16(20)15-11(2)18-12(3)21-15/h6-7,9H,8,17H2,1-3H3,(H,19,20). The molecule has 1 amide bonds.